The number of aromatic nitrogens is 6. The van der Waals surface area contributed by atoms with Gasteiger partial charge in [0.25, 0.3) is 0 Å². The Kier molecular flexibility index (Phi) is 5.81. The normalized spacial score (nSPS) is 13.2. The maximum atomic E-state index is 11.6. The van der Waals surface area contributed by atoms with E-state index in [0.717, 1.165) is 22.6 Å². The van der Waals surface area contributed by atoms with Gasteiger partial charge in [-0.3, -0.25) is 4.79 Å². The standard InChI is InChI=1S/C25H22N8O2/c1-3-16-6-4-7-17(10-16)20-11-21(29-25(26)28-20)22-15-33(31-30-22)14-19-8-5-9-23(27-19)32-12-18(13-32)24(34)35-2/h1,4-11,15,18H,12-14H2,2H3,(H2,26,28,29). The van der Waals surface area contributed by atoms with Crippen LogP contribution in [-0.4, -0.2) is 56.1 Å². The van der Waals surface area contributed by atoms with Crippen LogP contribution in [0.15, 0.2) is 54.7 Å². The Balaban J connectivity index is 1.33. The van der Waals surface area contributed by atoms with Crippen molar-refractivity contribution >= 4 is 17.7 Å². The second-order valence-corrected chi connectivity index (χ2v) is 8.14. The molecule has 0 saturated carbocycles. The molecule has 0 amide bonds. The van der Waals surface area contributed by atoms with E-state index in [4.69, 9.17) is 21.9 Å². The van der Waals surface area contributed by atoms with Gasteiger partial charge in [-0.1, -0.05) is 29.3 Å². The molecule has 0 bridgehead atoms. The summed E-state index contributed by atoms with van der Waals surface area (Å²) in [5.41, 5.74) is 10.1. The fourth-order valence-electron chi connectivity index (χ4n) is 3.88. The molecule has 1 aromatic carbocycles. The molecule has 3 aromatic heterocycles. The highest BCUT2D eigenvalue weighted by Crippen LogP contribution is 2.25. The number of ether oxygens (including phenoxy) is 1. The zero-order chi connectivity index (χ0) is 24.4. The molecule has 1 saturated heterocycles. The molecule has 2 N–H and O–H groups in total. The molecule has 0 spiro atoms. The number of rotatable bonds is 6. The molecule has 4 aromatic rings. The SMILES string of the molecule is C#Cc1cccc(-c2cc(-c3cn(Cc4cccc(N5CC(C(=O)OC)C5)n4)nn3)nc(N)n2)c1. The van der Waals surface area contributed by atoms with Gasteiger partial charge in [-0.25, -0.2) is 19.6 Å². The second kappa shape index (κ2) is 9.23. The highest BCUT2D eigenvalue weighted by atomic mass is 16.5. The molecule has 0 radical (unpaired) electrons. The Bertz CT molecular complexity index is 1440. The number of esters is 1. The number of nitrogens with zero attached hydrogens (tertiary/aromatic N) is 7. The van der Waals surface area contributed by atoms with Crippen LogP contribution in [0.2, 0.25) is 0 Å². The predicted octanol–water partition coefficient (Wildman–Crippen LogP) is 2.02. The molecule has 10 heteroatoms. The number of methoxy groups -OCH3 is 1. The third-order valence-electron chi connectivity index (χ3n) is 5.73. The van der Waals surface area contributed by atoms with Gasteiger partial charge in [0.2, 0.25) is 5.95 Å². The summed E-state index contributed by atoms with van der Waals surface area (Å²) < 4.78 is 6.49. The Hall–Kier alpha value is -4.78. The molecule has 0 atom stereocenters. The fraction of sp³-hybridized carbons (Fsp3) is 0.200. The monoisotopic (exact) mass is 466 g/mol. The maximum Gasteiger partial charge on any atom is 0.312 e. The number of pyridine rings is 1. The van der Waals surface area contributed by atoms with Crippen LogP contribution in [-0.2, 0) is 16.1 Å². The number of nitrogens with two attached hydrogens (primary N) is 1. The van der Waals surface area contributed by atoms with E-state index < -0.39 is 0 Å². The largest absolute Gasteiger partial charge is 0.469 e. The van der Waals surface area contributed by atoms with Crippen LogP contribution in [0.4, 0.5) is 11.8 Å². The van der Waals surface area contributed by atoms with E-state index in [1.165, 1.54) is 7.11 Å². The van der Waals surface area contributed by atoms with E-state index in [-0.39, 0.29) is 17.8 Å². The van der Waals surface area contributed by atoms with Gasteiger partial charge in [0.1, 0.15) is 11.5 Å². The van der Waals surface area contributed by atoms with Crippen molar-refractivity contribution in [3.63, 3.8) is 0 Å². The first-order valence-corrected chi connectivity index (χ1v) is 10.9. The maximum absolute atomic E-state index is 11.6. The summed E-state index contributed by atoms with van der Waals surface area (Å²) in [5.74, 6) is 3.27. The lowest BCUT2D eigenvalue weighted by atomic mass is 10.0. The zero-order valence-electron chi connectivity index (χ0n) is 19.0. The van der Waals surface area contributed by atoms with E-state index in [0.29, 0.717) is 36.7 Å². The third kappa shape index (κ3) is 4.65. The zero-order valence-corrected chi connectivity index (χ0v) is 19.0. The number of benzene rings is 1. The molecule has 1 aliphatic rings. The average Bonchev–Trinajstić information content (AvgIpc) is 3.31. The molecule has 35 heavy (non-hydrogen) atoms. The Morgan fingerprint density at radius 3 is 2.71 bits per heavy atom. The number of nitrogen functional groups attached to an aromatic ring is 1. The van der Waals surface area contributed by atoms with Gasteiger partial charge >= 0.3 is 5.97 Å². The van der Waals surface area contributed by atoms with Gasteiger partial charge in [-0.05, 0) is 30.3 Å². The minimum absolute atomic E-state index is 0.109. The fourth-order valence-corrected chi connectivity index (χ4v) is 3.88. The molecule has 5 rings (SSSR count). The highest BCUT2D eigenvalue weighted by molar-refractivity contribution is 5.76. The van der Waals surface area contributed by atoms with E-state index in [1.54, 1.807) is 16.9 Å². The van der Waals surface area contributed by atoms with E-state index in [2.05, 4.69) is 26.2 Å². The van der Waals surface area contributed by atoms with E-state index in [9.17, 15) is 4.79 Å². The van der Waals surface area contributed by atoms with Gasteiger partial charge in [0.15, 0.2) is 0 Å². The van der Waals surface area contributed by atoms with Crippen molar-refractivity contribution < 1.29 is 9.53 Å². The number of hydrogen-bond donors (Lipinski definition) is 1. The summed E-state index contributed by atoms with van der Waals surface area (Å²) in [5, 5.41) is 8.49. The first-order chi connectivity index (χ1) is 17.0. The van der Waals surface area contributed by atoms with Crippen LogP contribution in [0.5, 0.6) is 0 Å². The van der Waals surface area contributed by atoms with Crippen LogP contribution in [0.3, 0.4) is 0 Å². The van der Waals surface area contributed by atoms with E-state index in [1.807, 2.05) is 47.4 Å². The van der Waals surface area contributed by atoms with Crippen LogP contribution in [0.1, 0.15) is 11.3 Å². The van der Waals surface area contributed by atoms with Gasteiger partial charge in [0.05, 0.1) is 42.9 Å². The molecular weight excluding hydrogens is 444 g/mol. The molecule has 0 unspecified atom stereocenters. The van der Waals surface area contributed by atoms with Gasteiger partial charge < -0.3 is 15.4 Å². The lowest BCUT2D eigenvalue weighted by molar-refractivity contribution is -0.146. The third-order valence-corrected chi connectivity index (χ3v) is 5.73. The summed E-state index contributed by atoms with van der Waals surface area (Å²) in [6.45, 7) is 1.61. The average molecular weight is 467 g/mol. The van der Waals surface area contributed by atoms with Crippen molar-refractivity contribution in [2.45, 2.75) is 6.54 Å². The smallest absolute Gasteiger partial charge is 0.312 e. The van der Waals surface area contributed by atoms with Crippen molar-refractivity contribution in [1.82, 2.24) is 29.9 Å². The Morgan fingerprint density at radius 1 is 1.11 bits per heavy atom. The van der Waals surface area contributed by atoms with E-state index >= 15 is 0 Å². The summed E-state index contributed by atoms with van der Waals surface area (Å²) in [4.78, 5) is 27.0. The Morgan fingerprint density at radius 2 is 1.91 bits per heavy atom. The Labute approximate surface area is 201 Å². The van der Waals surface area contributed by atoms with Crippen molar-refractivity contribution in [3.8, 4) is 35.0 Å². The molecular formula is C25H22N8O2. The minimum Gasteiger partial charge on any atom is -0.469 e. The molecule has 4 heterocycles. The van der Waals surface area contributed by atoms with Crippen molar-refractivity contribution in [2.75, 3.05) is 30.8 Å². The van der Waals surface area contributed by atoms with Gasteiger partial charge in [-0.15, -0.1) is 11.5 Å². The number of carbonyl (C=O) groups is 1. The predicted molar refractivity (Wildman–Crippen MR) is 130 cm³/mol. The minimum atomic E-state index is -0.190. The first kappa shape index (κ1) is 22.0. The first-order valence-electron chi connectivity index (χ1n) is 10.9. The lowest BCUT2D eigenvalue weighted by Crippen LogP contribution is -2.51. The number of carbonyl (C=O) groups excluding carboxylic acids is 1. The van der Waals surface area contributed by atoms with Gasteiger partial charge in [-0.2, -0.15) is 0 Å². The number of anilines is 2. The number of terminal acetylenes is 1. The van der Waals surface area contributed by atoms with Crippen LogP contribution >= 0.6 is 0 Å². The molecule has 1 aliphatic heterocycles. The molecule has 174 valence electrons. The highest BCUT2D eigenvalue weighted by Gasteiger charge is 2.34. The topological polar surface area (TPSA) is 125 Å². The van der Waals surface area contributed by atoms with Crippen molar-refractivity contribution in [1.29, 1.82) is 0 Å². The van der Waals surface area contributed by atoms with Crippen molar-refractivity contribution in [3.05, 3.63) is 66.0 Å². The summed E-state index contributed by atoms with van der Waals surface area (Å²) in [6.07, 6.45) is 7.31. The number of hydrogen-bond acceptors (Lipinski definition) is 9. The van der Waals surface area contributed by atoms with Gasteiger partial charge in [0, 0.05) is 24.2 Å². The summed E-state index contributed by atoms with van der Waals surface area (Å²) in [7, 11) is 1.41. The molecule has 1 fully saturated rings. The lowest BCUT2D eigenvalue weighted by Gasteiger charge is -2.38. The quantitative estimate of drug-likeness (QED) is 0.335. The molecule has 0 aliphatic carbocycles. The van der Waals surface area contributed by atoms with Crippen molar-refractivity contribution in [2.24, 2.45) is 5.92 Å². The molecule has 10 nitrogen and oxygen atoms in total. The van der Waals surface area contributed by atoms with Crippen LogP contribution in [0, 0.1) is 18.3 Å². The van der Waals surface area contributed by atoms with Crippen LogP contribution < -0.4 is 10.6 Å². The second-order valence-electron chi connectivity index (χ2n) is 8.14. The summed E-state index contributed by atoms with van der Waals surface area (Å²) in [6, 6.07) is 15.1. The van der Waals surface area contributed by atoms with Crippen LogP contribution in [0.25, 0.3) is 22.6 Å². The summed E-state index contributed by atoms with van der Waals surface area (Å²) >= 11 is 0.